The SMILES string of the molecule is CC(C)CC(C)N(C)CCCC(C)(C)CN. The fourth-order valence-electron chi connectivity index (χ4n) is 1.99. The predicted molar refractivity (Wildman–Crippen MR) is 73.6 cm³/mol. The molecule has 1 unspecified atom stereocenters. The lowest BCUT2D eigenvalue weighted by molar-refractivity contribution is 0.210. The van der Waals surface area contributed by atoms with Crippen molar-refractivity contribution in [1.82, 2.24) is 4.90 Å². The maximum Gasteiger partial charge on any atom is 0.00663 e. The van der Waals surface area contributed by atoms with Crippen LogP contribution < -0.4 is 5.73 Å². The summed E-state index contributed by atoms with van der Waals surface area (Å²) in [7, 11) is 2.24. The van der Waals surface area contributed by atoms with Crippen molar-refractivity contribution in [2.45, 2.75) is 59.9 Å². The van der Waals surface area contributed by atoms with Crippen LogP contribution >= 0.6 is 0 Å². The van der Waals surface area contributed by atoms with E-state index in [0.717, 1.165) is 12.5 Å². The highest BCUT2D eigenvalue weighted by Gasteiger charge is 2.16. The van der Waals surface area contributed by atoms with Crippen molar-refractivity contribution in [2.24, 2.45) is 17.1 Å². The molecule has 0 heterocycles. The van der Waals surface area contributed by atoms with Gasteiger partial charge in [-0.15, -0.1) is 0 Å². The summed E-state index contributed by atoms with van der Waals surface area (Å²) in [5.41, 5.74) is 6.04. The van der Waals surface area contributed by atoms with Crippen molar-refractivity contribution in [1.29, 1.82) is 0 Å². The van der Waals surface area contributed by atoms with Gasteiger partial charge < -0.3 is 10.6 Å². The van der Waals surface area contributed by atoms with Gasteiger partial charge in [-0.05, 0) is 57.7 Å². The highest BCUT2D eigenvalue weighted by molar-refractivity contribution is 4.71. The zero-order chi connectivity index (χ0) is 12.8. The van der Waals surface area contributed by atoms with E-state index in [-0.39, 0.29) is 0 Å². The van der Waals surface area contributed by atoms with Gasteiger partial charge in [0.2, 0.25) is 0 Å². The molecular weight excluding hydrogens is 196 g/mol. The first-order chi connectivity index (χ1) is 7.28. The van der Waals surface area contributed by atoms with Crippen LogP contribution in [-0.2, 0) is 0 Å². The van der Waals surface area contributed by atoms with Crippen molar-refractivity contribution in [3.05, 3.63) is 0 Å². The molecule has 0 aromatic rings. The Labute approximate surface area is 103 Å². The largest absolute Gasteiger partial charge is 0.330 e. The molecule has 0 bridgehead atoms. The second kappa shape index (κ2) is 7.29. The molecule has 0 aliphatic heterocycles. The summed E-state index contributed by atoms with van der Waals surface area (Å²) in [6.07, 6.45) is 3.77. The third-order valence-electron chi connectivity index (χ3n) is 3.48. The third kappa shape index (κ3) is 7.24. The van der Waals surface area contributed by atoms with Gasteiger partial charge in [0.1, 0.15) is 0 Å². The number of nitrogens with zero attached hydrogens (tertiary/aromatic N) is 1. The van der Waals surface area contributed by atoms with Crippen molar-refractivity contribution in [3.8, 4) is 0 Å². The quantitative estimate of drug-likeness (QED) is 0.691. The Bertz CT molecular complexity index is 176. The minimum absolute atomic E-state index is 0.308. The molecule has 0 aromatic carbocycles. The fourth-order valence-corrected chi connectivity index (χ4v) is 1.99. The predicted octanol–water partition coefficient (Wildman–Crippen LogP) is 3.12. The maximum absolute atomic E-state index is 5.74. The molecular formula is C14H32N2. The Morgan fingerprint density at radius 1 is 1.19 bits per heavy atom. The van der Waals surface area contributed by atoms with E-state index in [1.165, 1.54) is 25.8 Å². The van der Waals surface area contributed by atoms with E-state index >= 15 is 0 Å². The first-order valence-electron chi connectivity index (χ1n) is 6.69. The van der Waals surface area contributed by atoms with Gasteiger partial charge in [0, 0.05) is 6.04 Å². The molecule has 0 aromatic heterocycles. The average Bonchev–Trinajstić information content (AvgIpc) is 2.16. The van der Waals surface area contributed by atoms with E-state index in [1.54, 1.807) is 0 Å². The van der Waals surface area contributed by atoms with Crippen molar-refractivity contribution >= 4 is 0 Å². The van der Waals surface area contributed by atoms with Gasteiger partial charge in [0.05, 0.1) is 0 Å². The summed E-state index contributed by atoms with van der Waals surface area (Å²) < 4.78 is 0. The zero-order valence-corrected chi connectivity index (χ0v) is 12.2. The highest BCUT2D eigenvalue weighted by Crippen LogP contribution is 2.20. The van der Waals surface area contributed by atoms with Crippen LogP contribution in [0.5, 0.6) is 0 Å². The molecule has 0 amide bonds. The van der Waals surface area contributed by atoms with Crippen LogP contribution in [0.3, 0.4) is 0 Å². The van der Waals surface area contributed by atoms with Crippen LogP contribution in [-0.4, -0.2) is 31.1 Å². The molecule has 0 aliphatic carbocycles. The topological polar surface area (TPSA) is 29.3 Å². The van der Waals surface area contributed by atoms with E-state index in [9.17, 15) is 0 Å². The normalized spacial score (nSPS) is 14.8. The van der Waals surface area contributed by atoms with E-state index in [0.29, 0.717) is 11.5 Å². The first kappa shape index (κ1) is 15.9. The van der Waals surface area contributed by atoms with Crippen LogP contribution in [0.2, 0.25) is 0 Å². The van der Waals surface area contributed by atoms with E-state index < -0.39 is 0 Å². The van der Waals surface area contributed by atoms with Gasteiger partial charge in [-0.25, -0.2) is 0 Å². The van der Waals surface area contributed by atoms with Gasteiger partial charge in [-0.3, -0.25) is 0 Å². The molecule has 0 rings (SSSR count). The number of hydrogen-bond acceptors (Lipinski definition) is 2. The summed E-state index contributed by atoms with van der Waals surface area (Å²) in [5, 5.41) is 0. The van der Waals surface area contributed by atoms with Crippen molar-refractivity contribution < 1.29 is 0 Å². The summed E-state index contributed by atoms with van der Waals surface area (Å²) in [6, 6.07) is 0.695. The minimum atomic E-state index is 0.308. The average molecular weight is 228 g/mol. The molecule has 0 aliphatic rings. The van der Waals surface area contributed by atoms with Gasteiger partial charge in [-0.2, -0.15) is 0 Å². The molecule has 0 radical (unpaired) electrons. The molecule has 0 saturated heterocycles. The summed E-state index contributed by atoms with van der Waals surface area (Å²) >= 11 is 0. The van der Waals surface area contributed by atoms with Crippen molar-refractivity contribution in [3.63, 3.8) is 0 Å². The lowest BCUT2D eigenvalue weighted by atomic mass is 9.88. The summed E-state index contributed by atoms with van der Waals surface area (Å²) in [6.45, 7) is 13.4. The highest BCUT2D eigenvalue weighted by atomic mass is 15.1. The Balaban J connectivity index is 3.76. The smallest absolute Gasteiger partial charge is 0.00663 e. The summed E-state index contributed by atoms with van der Waals surface area (Å²) in [4.78, 5) is 2.48. The first-order valence-corrected chi connectivity index (χ1v) is 6.69. The number of rotatable bonds is 8. The van der Waals surface area contributed by atoms with Gasteiger partial charge in [-0.1, -0.05) is 27.7 Å². The van der Waals surface area contributed by atoms with E-state index in [4.69, 9.17) is 5.73 Å². The molecule has 16 heavy (non-hydrogen) atoms. The standard InChI is InChI=1S/C14H32N2/c1-12(2)10-13(3)16(6)9-7-8-14(4,5)11-15/h12-13H,7-11,15H2,1-6H3. The molecule has 0 saturated carbocycles. The Hall–Kier alpha value is -0.0800. The van der Waals surface area contributed by atoms with Crippen LogP contribution in [0.4, 0.5) is 0 Å². The van der Waals surface area contributed by atoms with Crippen LogP contribution in [0.15, 0.2) is 0 Å². The van der Waals surface area contributed by atoms with E-state index in [1.807, 2.05) is 0 Å². The molecule has 2 N–H and O–H groups in total. The fraction of sp³-hybridized carbons (Fsp3) is 1.00. The van der Waals surface area contributed by atoms with Crippen LogP contribution in [0, 0.1) is 11.3 Å². The molecule has 0 fully saturated rings. The second-order valence-electron chi connectivity index (χ2n) is 6.43. The second-order valence-corrected chi connectivity index (χ2v) is 6.43. The Morgan fingerprint density at radius 2 is 1.75 bits per heavy atom. The van der Waals surface area contributed by atoms with Gasteiger partial charge >= 0.3 is 0 Å². The minimum Gasteiger partial charge on any atom is -0.330 e. The monoisotopic (exact) mass is 228 g/mol. The molecule has 0 spiro atoms. The van der Waals surface area contributed by atoms with Gasteiger partial charge in [0.15, 0.2) is 0 Å². The molecule has 1 atom stereocenters. The summed E-state index contributed by atoms with van der Waals surface area (Å²) in [5.74, 6) is 0.790. The lowest BCUT2D eigenvalue weighted by Gasteiger charge is -2.28. The Kier molecular flexibility index (Phi) is 7.25. The maximum atomic E-state index is 5.74. The van der Waals surface area contributed by atoms with Gasteiger partial charge in [0.25, 0.3) is 0 Å². The van der Waals surface area contributed by atoms with E-state index in [2.05, 4.69) is 46.6 Å². The van der Waals surface area contributed by atoms with Crippen LogP contribution in [0.25, 0.3) is 0 Å². The molecule has 2 heteroatoms. The molecule has 98 valence electrons. The lowest BCUT2D eigenvalue weighted by Crippen LogP contribution is -2.32. The number of hydrogen-bond donors (Lipinski definition) is 1. The zero-order valence-electron chi connectivity index (χ0n) is 12.2. The van der Waals surface area contributed by atoms with Crippen LogP contribution in [0.1, 0.15) is 53.9 Å². The Morgan fingerprint density at radius 3 is 2.19 bits per heavy atom. The molecule has 2 nitrogen and oxygen atoms in total. The van der Waals surface area contributed by atoms with Crippen molar-refractivity contribution in [2.75, 3.05) is 20.1 Å². The number of nitrogens with two attached hydrogens (primary N) is 1. The third-order valence-corrected chi connectivity index (χ3v) is 3.48.